The van der Waals surface area contributed by atoms with E-state index in [0.717, 1.165) is 10.1 Å². The van der Waals surface area contributed by atoms with Crippen LogP contribution >= 0.6 is 23.4 Å². The monoisotopic (exact) mass is 250 g/mol. The predicted octanol–water partition coefficient (Wildman–Crippen LogP) is 2.49. The standard InChI is InChI=1S/C10H7ClN4S/c1-15-10(13-6-14-15)16-9-3-2-8(11)4-7(9)5-12/h2-4,6H,1H3. The lowest BCUT2D eigenvalue weighted by atomic mass is 10.2. The zero-order valence-electron chi connectivity index (χ0n) is 8.38. The first-order valence-corrected chi connectivity index (χ1v) is 5.61. The second kappa shape index (κ2) is 4.56. The Morgan fingerprint density at radius 1 is 1.50 bits per heavy atom. The largest absolute Gasteiger partial charge is 0.244 e. The minimum Gasteiger partial charge on any atom is -0.244 e. The van der Waals surface area contributed by atoms with Crippen molar-refractivity contribution in [1.29, 1.82) is 5.26 Å². The normalized spacial score (nSPS) is 10.1. The van der Waals surface area contributed by atoms with E-state index >= 15 is 0 Å². The molecule has 1 aromatic carbocycles. The fraction of sp³-hybridized carbons (Fsp3) is 0.100. The molecule has 0 radical (unpaired) electrons. The molecule has 2 aromatic rings. The van der Waals surface area contributed by atoms with Crippen molar-refractivity contribution in [1.82, 2.24) is 14.8 Å². The molecule has 0 bridgehead atoms. The van der Waals surface area contributed by atoms with Crippen molar-refractivity contribution in [2.45, 2.75) is 10.1 Å². The summed E-state index contributed by atoms with van der Waals surface area (Å²) in [6.45, 7) is 0. The van der Waals surface area contributed by atoms with Gasteiger partial charge in [0, 0.05) is 17.0 Å². The van der Waals surface area contributed by atoms with E-state index in [1.165, 1.54) is 18.1 Å². The number of nitriles is 1. The van der Waals surface area contributed by atoms with Gasteiger partial charge in [-0.25, -0.2) is 9.67 Å². The van der Waals surface area contributed by atoms with Gasteiger partial charge in [-0.1, -0.05) is 11.6 Å². The molecule has 6 heteroatoms. The van der Waals surface area contributed by atoms with Crippen molar-refractivity contribution in [2.24, 2.45) is 7.05 Å². The minimum absolute atomic E-state index is 0.542. The molecule has 0 amide bonds. The van der Waals surface area contributed by atoms with Crippen LogP contribution in [-0.2, 0) is 7.05 Å². The van der Waals surface area contributed by atoms with Gasteiger partial charge in [-0.15, -0.1) is 0 Å². The lowest BCUT2D eigenvalue weighted by molar-refractivity contribution is 0.685. The highest BCUT2D eigenvalue weighted by molar-refractivity contribution is 7.99. The molecule has 16 heavy (non-hydrogen) atoms. The lowest BCUT2D eigenvalue weighted by Crippen LogP contribution is -1.93. The second-order valence-electron chi connectivity index (χ2n) is 3.02. The van der Waals surface area contributed by atoms with Crippen molar-refractivity contribution in [3.8, 4) is 6.07 Å². The van der Waals surface area contributed by atoms with Crippen molar-refractivity contribution in [2.75, 3.05) is 0 Å². The molecule has 0 aliphatic rings. The Morgan fingerprint density at radius 2 is 2.31 bits per heavy atom. The van der Waals surface area contributed by atoms with Crippen molar-refractivity contribution in [3.05, 3.63) is 35.1 Å². The van der Waals surface area contributed by atoms with Crippen LogP contribution in [0.25, 0.3) is 0 Å². The molecule has 0 unspecified atom stereocenters. The third-order valence-corrected chi connectivity index (χ3v) is 3.30. The number of hydrogen-bond donors (Lipinski definition) is 0. The van der Waals surface area contributed by atoms with Gasteiger partial charge >= 0.3 is 0 Å². The number of benzene rings is 1. The molecule has 0 aliphatic carbocycles. The lowest BCUT2D eigenvalue weighted by Gasteiger charge is -2.02. The zero-order chi connectivity index (χ0) is 11.5. The molecule has 0 aliphatic heterocycles. The highest BCUT2D eigenvalue weighted by atomic mass is 35.5. The molecule has 0 saturated heterocycles. The average Bonchev–Trinajstić information content (AvgIpc) is 2.67. The highest BCUT2D eigenvalue weighted by Gasteiger charge is 2.08. The van der Waals surface area contributed by atoms with Gasteiger partial charge in [-0.3, -0.25) is 0 Å². The summed E-state index contributed by atoms with van der Waals surface area (Å²) in [7, 11) is 1.80. The molecule has 4 nitrogen and oxygen atoms in total. The van der Waals surface area contributed by atoms with E-state index in [1.807, 2.05) is 0 Å². The summed E-state index contributed by atoms with van der Waals surface area (Å²) in [5.74, 6) is 0. The summed E-state index contributed by atoms with van der Waals surface area (Å²) in [4.78, 5) is 4.90. The molecular formula is C10H7ClN4S. The first kappa shape index (κ1) is 11.0. The molecule has 0 N–H and O–H groups in total. The summed E-state index contributed by atoms with van der Waals surface area (Å²) in [6, 6.07) is 7.30. The highest BCUT2D eigenvalue weighted by Crippen LogP contribution is 2.29. The number of aromatic nitrogens is 3. The maximum absolute atomic E-state index is 8.98. The molecule has 2 rings (SSSR count). The Hall–Kier alpha value is -1.51. The number of nitrogens with zero attached hydrogens (tertiary/aromatic N) is 4. The van der Waals surface area contributed by atoms with Gasteiger partial charge in [0.25, 0.3) is 0 Å². The fourth-order valence-corrected chi connectivity index (χ4v) is 2.15. The van der Waals surface area contributed by atoms with E-state index in [-0.39, 0.29) is 0 Å². The topological polar surface area (TPSA) is 54.5 Å². The summed E-state index contributed by atoms with van der Waals surface area (Å²) in [5.41, 5.74) is 0.542. The maximum Gasteiger partial charge on any atom is 0.190 e. The van der Waals surface area contributed by atoms with Crippen LogP contribution in [0.5, 0.6) is 0 Å². The summed E-state index contributed by atoms with van der Waals surface area (Å²) < 4.78 is 1.65. The van der Waals surface area contributed by atoms with Gasteiger partial charge < -0.3 is 0 Å². The Morgan fingerprint density at radius 3 is 2.94 bits per heavy atom. The molecule has 0 atom stereocenters. The van der Waals surface area contributed by atoms with E-state index in [2.05, 4.69) is 16.2 Å². The second-order valence-corrected chi connectivity index (χ2v) is 4.47. The van der Waals surface area contributed by atoms with Gasteiger partial charge in [-0.05, 0) is 30.0 Å². The molecule has 0 saturated carbocycles. The molecule has 1 aromatic heterocycles. The van der Waals surface area contributed by atoms with Crippen LogP contribution in [0, 0.1) is 11.3 Å². The van der Waals surface area contributed by atoms with Gasteiger partial charge in [0.05, 0.1) is 5.56 Å². The zero-order valence-corrected chi connectivity index (χ0v) is 9.96. The Kier molecular flexibility index (Phi) is 3.13. The van der Waals surface area contributed by atoms with Gasteiger partial charge in [0.2, 0.25) is 0 Å². The van der Waals surface area contributed by atoms with E-state index in [1.54, 1.807) is 29.9 Å². The number of hydrogen-bond acceptors (Lipinski definition) is 4. The third kappa shape index (κ3) is 2.18. The SMILES string of the molecule is Cn1ncnc1Sc1ccc(Cl)cc1C#N. The number of halogens is 1. The summed E-state index contributed by atoms with van der Waals surface area (Å²) >= 11 is 7.20. The Balaban J connectivity index is 2.36. The van der Waals surface area contributed by atoms with Crippen LogP contribution < -0.4 is 0 Å². The molecule has 0 fully saturated rings. The van der Waals surface area contributed by atoms with Crippen LogP contribution in [0.4, 0.5) is 0 Å². The first-order valence-electron chi connectivity index (χ1n) is 4.42. The van der Waals surface area contributed by atoms with Crippen molar-refractivity contribution in [3.63, 3.8) is 0 Å². The third-order valence-electron chi connectivity index (χ3n) is 1.93. The van der Waals surface area contributed by atoms with E-state index in [9.17, 15) is 0 Å². The van der Waals surface area contributed by atoms with Crippen LogP contribution in [0.3, 0.4) is 0 Å². The Labute approximate surface area is 102 Å². The average molecular weight is 251 g/mol. The molecule has 0 spiro atoms. The quantitative estimate of drug-likeness (QED) is 0.822. The van der Waals surface area contributed by atoms with Crippen LogP contribution in [-0.4, -0.2) is 14.8 Å². The minimum atomic E-state index is 0.542. The molecular weight excluding hydrogens is 244 g/mol. The van der Waals surface area contributed by atoms with Gasteiger partial charge in [0.15, 0.2) is 5.16 Å². The smallest absolute Gasteiger partial charge is 0.190 e. The fourth-order valence-electron chi connectivity index (χ4n) is 1.15. The van der Waals surface area contributed by atoms with Crippen LogP contribution in [0.2, 0.25) is 5.02 Å². The number of rotatable bonds is 2. The van der Waals surface area contributed by atoms with Gasteiger partial charge in [-0.2, -0.15) is 10.4 Å². The van der Waals surface area contributed by atoms with Crippen LogP contribution in [0.1, 0.15) is 5.56 Å². The Bertz CT molecular complexity index is 558. The molecule has 1 heterocycles. The maximum atomic E-state index is 8.98. The first-order chi connectivity index (χ1) is 7.70. The van der Waals surface area contributed by atoms with Crippen molar-refractivity contribution >= 4 is 23.4 Å². The van der Waals surface area contributed by atoms with Crippen molar-refractivity contribution < 1.29 is 0 Å². The van der Waals surface area contributed by atoms with Crippen LogP contribution in [0.15, 0.2) is 34.6 Å². The predicted molar refractivity (Wildman–Crippen MR) is 61.3 cm³/mol. The van der Waals surface area contributed by atoms with E-state index < -0.39 is 0 Å². The van der Waals surface area contributed by atoms with E-state index in [0.29, 0.717) is 10.6 Å². The van der Waals surface area contributed by atoms with Gasteiger partial charge in [0.1, 0.15) is 12.4 Å². The molecule has 80 valence electrons. The summed E-state index contributed by atoms with van der Waals surface area (Å²) in [6.07, 6.45) is 1.48. The van der Waals surface area contributed by atoms with E-state index in [4.69, 9.17) is 16.9 Å². The summed E-state index contributed by atoms with van der Waals surface area (Å²) in [5, 5.41) is 14.2. The number of aryl methyl sites for hydroxylation is 1.